The molecule has 0 bridgehead atoms. The molecular formula is C23H29N3O2S. The van der Waals surface area contributed by atoms with Gasteiger partial charge < -0.3 is 11.1 Å². The van der Waals surface area contributed by atoms with E-state index < -0.39 is 5.91 Å². The number of rotatable bonds is 6. The van der Waals surface area contributed by atoms with Gasteiger partial charge in [-0.1, -0.05) is 30.3 Å². The Morgan fingerprint density at radius 3 is 2.62 bits per heavy atom. The molecule has 2 aromatic rings. The van der Waals surface area contributed by atoms with Crippen LogP contribution in [0.15, 0.2) is 30.3 Å². The van der Waals surface area contributed by atoms with Crippen LogP contribution < -0.4 is 11.1 Å². The number of hydrogen-bond donors (Lipinski definition) is 2. The minimum absolute atomic E-state index is 0.0473. The fourth-order valence-electron chi connectivity index (χ4n) is 4.63. The number of carbonyl (C=O) groups excluding carboxylic acids is 2. The third-order valence-electron chi connectivity index (χ3n) is 6.35. The summed E-state index contributed by atoms with van der Waals surface area (Å²) < 4.78 is 0. The molecule has 1 atom stereocenters. The molecular weight excluding hydrogens is 382 g/mol. The Balaban J connectivity index is 1.34. The molecule has 0 radical (unpaired) electrons. The quantitative estimate of drug-likeness (QED) is 0.762. The van der Waals surface area contributed by atoms with Crippen molar-refractivity contribution in [3.05, 3.63) is 51.9 Å². The van der Waals surface area contributed by atoms with Gasteiger partial charge in [0.15, 0.2) is 0 Å². The van der Waals surface area contributed by atoms with Crippen LogP contribution in [0.1, 0.15) is 52.5 Å². The molecule has 1 aliphatic carbocycles. The highest BCUT2D eigenvalue weighted by Gasteiger charge is 2.30. The van der Waals surface area contributed by atoms with Gasteiger partial charge in [0.2, 0.25) is 5.91 Å². The topological polar surface area (TPSA) is 75.4 Å². The number of piperidine rings is 1. The van der Waals surface area contributed by atoms with Crippen molar-refractivity contribution in [1.82, 2.24) is 4.90 Å². The number of hydrogen-bond acceptors (Lipinski definition) is 4. The van der Waals surface area contributed by atoms with Gasteiger partial charge in [-0.15, -0.1) is 11.3 Å². The minimum atomic E-state index is -0.436. The zero-order valence-electron chi connectivity index (χ0n) is 16.9. The third kappa shape index (κ3) is 4.38. The van der Waals surface area contributed by atoms with Gasteiger partial charge in [0.25, 0.3) is 5.91 Å². The first-order valence-electron chi connectivity index (χ1n) is 10.6. The molecule has 6 heteroatoms. The monoisotopic (exact) mass is 411 g/mol. The summed E-state index contributed by atoms with van der Waals surface area (Å²) in [6, 6.07) is 10.4. The van der Waals surface area contributed by atoms with Crippen LogP contribution in [0.2, 0.25) is 0 Å². The second kappa shape index (κ2) is 8.67. The molecule has 0 saturated carbocycles. The van der Waals surface area contributed by atoms with Crippen LogP contribution in [0, 0.1) is 5.92 Å². The Kier molecular flexibility index (Phi) is 6.01. The molecule has 0 unspecified atom stereocenters. The van der Waals surface area contributed by atoms with E-state index in [0.717, 1.165) is 57.2 Å². The maximum atomic E-state index is 12.9. The lowest BCUT2D eigenvalue weighted by atomic mass is 9.89. The van der Waals surface area contributed by atoms with E-state index in [2.05, 4.69) is 40.5 Å². The van der Waals surface area contributed by atoms with Gasteiger partial charge in [0, 0.05) is 4.88 Å². The largest absolute Gasteiger partial charge is 0.365 e. The number of amides is 2. The van der Waals surface area contributed by atoms with Crippen molar-refractivity contribution in [2.24, 2.45) is 11.7 Å². The second-order valence-corrected chi connectivity index (χ2v) is 9.37. The number of nitrogens with one attached hydrogen (secondary N) is 1. The Hall–Kier alpha value is -2.18. The van der Waals surface area contributed by atoms with Gasteiger partial charge in [0.1, 0.15) is 5.00 Å². The van der Waals surface area contributed by atoms with Crippen molar-refractivity contribution in [3.8, 4) is 0 Å². The first-order chi connectivity index (χ1) is 14.0. The zero-order chi connectivity index (χ0) is 20.4. The Morgan fingerprint density at radius 2 is 1.93 bits per heavy atom. The van der Waals surface area contributed by atoms with Gasteiger partial charge in [-0.3, -0.25) is 14.5 Å². The Bertz CT molecular complexity index is 885. The van der Waals surface area contributed by atoms with Crippen LogP contribution in [0.25, 0.3) is 0 Å². The lowest BCUT2D eigenvalue weighted by Crippen LogP contribution is -2.46. The molecule has 1 aliphatic heterocycles. The highest BCUT2D eigenvalue weighted by molar-refractivity contribution is 7.17. The van der Waals surface area contributed by atoms with Crippen molar-refractivity contribution in [3.63, 3.8) is 0 Å². The van der Waals surface area contributed by atoms with Crippen LogP contribution in [0.4, 0.5) is 5.00 Å². The average molecular weight is 412 g/mol. The second-order valence-electron chi connectivity index (χ2n) is 8.26. The van der Waals surface area contributed by atoms with Crippen molar-refractivity contribution in [2.75, 3.05) is 18.4 Å². The number of nitrogens with two attached hydrogens (primary N) is 1. The van der Waals surface area contributed by atoms with E-state index in [9.17, 15) is 9.59 Å². The summed E-state index contributed by atoms with van der Waals surface area (Å²) in [5.74, 6) is 0.189. The molecule has 2 amide bonds. The molecule has 1 aromatic heterocycles. The molecule has 29 heavy (non-hydrogen) atoms. The van der Waals surface area contributed by atoms with Gasteiger partial charge in [-0.2, -0.15) is 0 Å². The van der Waals surface area contributed by atoms with Crippen LogP contribution in [0.3, 0.4) is 0 Å². The van der Waals surface area contributed by atoms with Crippen molar-refractivity contribution < 1.29 is 9.59 Å². The molecule has 1 saturated heterocycles. The number of benzene rings is 1. The number of anilines is 1. The normalized spacial score (nSPS) is 18.4. The number of nitrogens with zero attached hydrogens (tertiary/aromatic N) is 1. The number of fused-ring (bicyclic) bond motifs is 1. The first-order valence-corrected chi connectivity index (χ1v) is 11.4. The van der Waals surface area contributed by atoms with Crippen molar-refractivity contribution >= 4 is 28.2 Å². The number of likely N-dealkylation sites (tertiary alicyclic amines) is 1. The fraction of sp³-hybridized carbons (Fsp3) is 0.478. The summed E-state index contributed by atoms with van der Waals surface area (Å²) in [7, 11) is 0. The summed E-state index contributed by atoms with van der Waals surface area (Å²) >= 11 is 1.52. The van der Waals surface area contributed by atoms with Crippen molar-refractivity contribution in [2.45, 2.75) is 51.5 Å². The molecule has 2 aliphatic rings. The van der Waals surface area contributed by atoms with E-state index in [4.69, 9.17) is 5.73 Å². The molecule has 4 rings (SSSR count). The maximum Gasteiger partial charge on any atom is 0.251 e. The van der Waals surface area contributed by atoms with Gasteiger partial charge in [0.05, 0.1) is 11.6 Å². The standard InChI is InChI=1S/C23H29N3O2S/c1-15(26-12-10-17(11-13-26)14-16-6-3-2-4-7-16)22(28)25-23-20(21(24)27)18-8-5-9-19(18)29-23/h2-4,6-7,15,17H,5,8-14H2,1H3,(H2,24,27)(H,25,28)/t15-/m0/s1. The summed E-state index contributed by atoms with van der Waals surface area (Å²) in [6.07, 6.45) is 6.23. The molecule has 1 fully saturated rings. The van der Waals surface area contributed by atoms with E-state index in [0.29, 0.717) is 16.5 Å². The van der Waals surface area contributed by atoms with E-state index in [1.807, 2.05) is 6.92 Å². The van der Waals surface area contributed by atoms with Gasteiger partial charge in [-0.05, 0) is 75.6 Å². The predicted molar refractivity (Wildman–Crippen MR) is 117 cm³/mol. The SMILES string of the molecule is C[C@@H](C(=O)Nc1sc2c(c1C(N)=O)CCC2)N1CCC(Cc2ccccc2)CC1. The highest BCUT2D eigenvalue weighted by atomic mass is 32.1. The summed E-state index contributed by atoms with van der Waals surface area (Å²) in [5.41, 5.74) is 8.58. The fourth-order valence-corrected chi connectivity index (χ4v) is 5.92. The van der Waals surface area contributed by atoms with Crippen molar-refractivity contribution in [1.29, 1.82) is 0 Å². The van der Waals surface area contributed by atoms with E-state index in [-0.39, 0.29) is 11.9 Å². The smallest absolute Gasteiger partial charge is 0.251 e. The van der Waals surface area contributed by atoms with Crippen LogP contribution in [-0.2, 0) is 24.1 Å². The molecule has 0 spiro atoms. The lowest BCUT2D eigenvalue weighted by Gasteiger charge is -2.35. The number of carbonyl (C=O) groups is 2. The number of aryl methyl sites for hydroxylation is 1. The lowest BCUT2D eigenvalue weighted by molar-refractivity contribution is -0.121. The minimum Gasteiger partial charge on any atom is -0.365 e. The molecule has 2 heterocycles. The van der Waals surface area contributed by atoms with Gasteiger partial charge >= 0.3 is 0 Å². The van der Waals surface area contributed by atoms with E-state index >= 15 is 0 Å². The predicted octanol–water partition coefficient (Wildman–Crippen LogP) is 3.62. The first kappa shape index (κ1) is 20.1. The highest BCUT2D eigenvalue weighted by Crippen LogP contribution is 2.39. The molecule has 1 aromatic carbocycles. The Morgan fingerprint density at radius 1 is 1.21 bits per heavy atom. The summed E-state index contributed by atoms with van der Waals surface area (Å²) in [6.45, 7) is 3.81. The number of thiophene rings is 1. The third-order valence-corrected chi connectivity index (χ3v) is 7.56. The molecule has 3 N–H and O–H groups in total. The van der Waals surface area contributed by atoms with Crippen LogP contribution in [0.5, 0.6) is 0 Å². The summed E-state index contributed by atoms with van der Waals surface area (Å²) in [5, 5.41) is 3.64. The van der Waals surface area contributed by atoms with Gasteiger partial charge in [-0.25, -0.2) is 0 Å². The molecule has 154 valence electrons. The van der Waals surface area contributed by atoms with E-state index in [1.54, 1.807) is 0 Å². The molecule has 5 nitrogen and oxygen atoms in total. The van der Waals surface area contributed by atoms with Crippen LogP contribution in [-0.4, -0.2) is 35.8 Å². The maximum absolute atomic E-state index is 12.9. The average Bonchev–Trinajstić information content (AvgIpc) is 3.29. The number of primary amides is 1. The van der Waals surface area contributed by atoms with E-state index in [1.165, 1.54) is 21.8 Å². The summed E-state index contributed by atoms with van der Waals surface area (Å²) in [4.78, 5) is 28.3. The Labute approximate surface area is 176 Å². The zero-order valence-corrected chi connectivity index (χ0v) is 17.8. The van der Waals surface area contributed by atoms with Crippen LogP contribution >= 0.6 is 11.3 Å².